The van der Waals surface area contributed by atoms with Gasteiger partial charge in [0.05, 0.1) is 0 Å². The molecule has 1 N–H and O–H groups in total. The molecule has 2 aromatic heterocycles. The summed E-state index contributed by atoms with van der Waals surface area (Å²) in [5.74, 6) is 0.289. The maximum absolute atomic E-state index is 13.8. The molecule has 0 radical (unpaired) electrons. The smallest absolute Gasteiger partial charge is 0.195 e. The van der Waals surface area contributed by atoms with Crippen LogP contribution in [-0.2, 0) is 12.8 Å². The third kappa shape index (κ3) is 3.99. The highest BCUT2D eigenvalue weighted by atomic mass is 19.1. The van der Waals surface area contributed by atoms with Crippen LogP contribution >= 0.6 is 0 Å². The fourth-order valence-corrected chi connectivity index (χ4v) is 3.90. The number of hydrogen-bond acceptors (Lipinski definition) is 2. The number of aryl methyl sites for hydroxylation is 2. The predicted octanol–water partition coefficient (Wildman–Crippen LogP) is 6.94. The van der Waals surface area contributed by atoms with Crippen LogP contribution in [-0.4, -0.2) is 9.97 Å². The molecule has 0 atom stereocenters. The van der Waals surface area contributed by atoms with E-state index in [0.29, 0.717) is 34.9 Å². The van der Waals surface area contributed by atoms with Crippen molar-refractivity contribution in [3.63, 3.8) is 0 Å². The quantitative estimate of drug-likeness (QED) is 0.327. The van der Waals surface area contributed by atoms with E-state index >= 15 is 0 Å². The molecule has 5 aromatic rings. The molecule has 3 nitrogen and oxygen atoms in total. The van der Waals surface area contributed by atoms with Gasteiger partial charge in [-0.15, -0.1) is 0 Å². The number of fused-ring (bicyclic) bond motifs is 1. The van der Waals surface area contributed by atoms with Gasteiger partial charge in [-0.1, -0.05) is 42.5 Å². The van der Waals surface area contributed by atoms with Crippen LogP contribution in [0, 0.1) is 11.6 Å². The summed E-state index contributed by atoms with van der Waals surface area (Å²) in [6.07, 6.45) is 4.37. The van der Waals surface area contributed by atoms with E-state index in [1.807, 2.05) is 18.3 Å². The molecule has 0 aliphatic rings. The minimum Gasteiger partial charge on any atom is -0.440 e. The molecule has 154 valence electrons. The first-order valence-electron chi connectivity index (χ1n) is 10.2. The molecule has 5 rings (SSSR count). The van der Waals surface area contributed by atoms with Crippen LogP contribution < -0.4 is 0 Å². The number of nitrogens with zero attached hydrogens (tertiary/aromatic N) is 1. The van der Waals surface area contributed by atoms with Crippen molar-refractivity contribution < 1.29 is 13.2 Å². The Morgan fingerprint density at radius 1 is 0.806 bits per heavy atom. The van der Waals surface area contributed by atoms with Crippen molar-refractivity contribution in [1.82, 2.24) is 9.97 Å². The molecule has 0 aliphatic heterocycles. The molecule has 0 aliphatic carbocycles. The summed E-state index contributed by atoms with van der Waals surface area (Å²) >= 11 is 0. The molecule has 3 aromatic carbocycles. The van der Waals surface area contributed by atoms with Crippen LogP contribution in [0.25, 0.3) is 33.5 Å². The van der Waals surface area contributed by atoms with E-state index < -0.39 is 0 Å². The molecule has 5 heteroatoms. The van der Waals surface area contributed by atoms with Crippen molar-refractivity contribution in [2.45, 2.75) is 19.3 Å². The Bertz CT molecular complexity index is 1290. The first-order valence-corrected chi connectivity index (χ1v) is 10.2. The largest absolute Gasteiger partial charge is 0.440 e. The minimum absolute atomic E-state index is 0.355. The van der Waals surface area contributed by atoms with Gasteiger partial charge in [0.1, 0.15) is 17.3 Å². The number of halogens is 2. The molecule has 0 unspecified atom stereocenters. The number of nitrogens with one attached hydrogen (secondary N) is 1. The highest BCUT2D eigenvalue weighted by Gasteiger charge is 2.18. The molecule has 0 saturated carbocycles. The summed E-state index contributed by atoms with van der Waals surface area (Å²) in [6.45, 7) is 0. The van der Waals surface area contributed by atoms with E-state index in [9.17, 15) is 8.78 Å². The van der Waals surface area contributed by atoms with E-state index in [4.69, 9.17) is 4.42 Å². The number of oxazole rings is 1. The van der Waals surface area contributed by atoms with E-state index in [-0.39, 0.29) is 11.6 Å². The Hall–Kier alpha value is -3.73. The summed E-state index contributed by atoms with van der Waals surface area (Å²) in [7, 11) is 0. The van der Waals surface area contributed by atoms with Crippen LogP contribution in [0.1, 0.15) is 17.9 Å². The van der Waals surface area contributed by atoms with Crippen LogP contribution in [0.15, 0.2) is 83.4 Å². The van der Waals surface area contributed by atoms with E-state index in [1.165, 1.54) is 35.2 Å². The molecule has 0 saturated heterocycles. The summed E-state index contributed by atoms with van der Waals surface area (Å²) in [6, 6.07) is 20.6. The second kappa shape index (κ2) is 8.19. The number of hydrogen-bond donors (Lipinski definition) is 1. The normalized spacial score (nSPS) is 11.3. The van der Waals surface area contributed by atoms with Gasteiger partial charge in [0.2, 0.25) is 0 Å². The topological polar surface area (TPSA) is 41.8 Å². The lowest BCUT2D eigenvalue weighted by Crippen LogP contribution is -1.90. The number of para-hydroxylation sites is 1. The second-order valence-electron chi connectivity index (χ2n) is 7.52. The Morgan fingerprint density at radius 2 is 1.55 bits per heavy atom. The van der Waals surface area contributed by atoms with Crippen molar-refractivity contribution in [2.24, 2.45) is 0 Å². The minimum atomic E-state index is -0.361. The summed E-state index contributed by atoms with van der Waals surface area (Å²) < 4.78 is 33.7. The number of rotatable bonds is 6. The van der Waals surface area contributed by atoms with Gasteiger partial charge < -0.3 is 9.40 Å². The average Bonchev–Trinajstić information content (AvgIpc) is 3.39. The van der Waals surface area contributed by atoms with E-state index in [2.05, 4.69) is 22.1 Å². The van der Waals surface area contributed by atoms with Gasteiger partial charge in [0.25, 0.3) is 0 Å². The highest BCUT2D eigenvalue weighted by molar-refractivity contribution is 5.83. The lowest BCUT2D eigenvalue weighted by atomic mass is 10.1. The van der Waals surface area contributed by atoms with Gasteiger partial charge in [-0.3, -0.25) is 0 Å². The lowest BCUT2D eigenvalue weighted by molar-refractivity contribution is 0.498. The second-order valence-corrected chi connectivity index (χ2v) is 7.52. The molecule has 0 bridgehead atoms. The number of H-pyrrole nitrogens is 1. The zero-order valence-electron chi connectivity index (χ0n) is 16.7. The Balaban J connectivity index is 1.43. The van der Waals surface area contributed by atoms with Crippen LogP contribution in [0.2, 0.25) is 0 Å². The van der Waals surface area contributed by atoms with Crippen molar-refractivity contribution in [3.05, 3.63) is 102 Å². The molecule has 2 heterocycles. The molecule has 31 heavy (non-hydrogen) atoms. The summed E-state index contributed by atoms with van der Waals surface area (Å²) in [5.41, 5.74) is 4.07. The van der Waals surface area contributed by atoms with Crippen LogP contribution in [0.3, 0.4) is 0 Å². The molecule has 0 amide bonds. The third-order valence-corrected chi connectivity index (χ3v) is 5.37. The van der Waals surface area contributed by atoms with Gasteiger partial charge in [-0.2, -0.15) is 0 Å². The van der Waals surface area contributed by atoms with Gasteiger partial charge in [0.15, 0.2) is 11.7 Å². The molecular formula is C26H20F2N2O. The summed E-state index contributed by atoms with van der Waals surface area (Å²) in [5, 5.41) is 1.22. The van der Waals surface area contributed by atoms with E-state index in [0.717, 1.165) is 18.4 Å². The van der Waals surface area contributed by atoms with Crippen molar-refractivity contribution in [1.29, 1.82) is 0 Å². The van der Waals surface area contributed by atoms with Gasteiger partial charge in [0, 0.05) is 34.6 Å². The maximum atomic E-state index is 13.8. The Labute approximate surface area is 178 Å². The van der Waals surface area contributed by atoms with E-state index in [1.54, 1.807) is 24.3 Å². The van der Waals surface area contributed by atoms with Gasteiger partial charge in [-0.05, 0) is 48.7 Å². The van der Waals surface area contributed by atoms with Gasteiger partial charge >= 0.3 is 0 Å². The predicted molar refractivity (Wildman–Crippen MR) is 118 cm³/mol. The fraction of sp³-hybridized carbons (Fsp3) is 0.115. The average molecular weight is 414 g/mol. The number of benzene rings is 3. The Morgan fingerprint density at radius 3 is 2.35 bits per heavy atom. The van der Waals surface area contributed by atoms with Crippen LogP contribution in [0.4, 0.5) is 8.78 Å². The zero-order valence-corrected chi connectivity index (χ0v) is 16.7. The molecule has 0 spiro atoms. The summed E-state index contributed by atoms with van der Waals surface area (Å²) in [4.78, 5) is 7.94. The van der Waals surface area contributed by atoms with Gasteiger partial charge in [-0.25, -0.2) is 13.8 Å². The van der Waals surface area contributed by atoms with Crippen molar-refractivity contribution >= 4 is 10.9 Å². The SMILES string of the molecule is Fc1cccc(-c2nc(CCCc3c[nH]c4ccccc34)oc2-c2cccc(F)c2)c1. The maximum Gasteiger partial charge on any atom is 0.195 e. The zero-order chi connectivity index (χ0) is 21.2. The molecule has 0 fully saturated rings. The fourth-order valence-electron chi connectivity index (χ4n) is 3.90. The lowest BCUT2D eigenvalue weighted by Gasteiger charge is -2.02. The van der Waals surface area contributed by atoms with Crippen molar-refractivity contribution in [3.8, 4) is 22.6 Å². The first-order chi connectivity index (χ1) is 15.2. The monoisotopic (exact) mass is 414 g/mol. The van der Waals surface area contributed by atoms with Crippen LogP contribution in [0.5, 0.6) is 0 Å². The first kappa shape index (κ1) is 19.2. The number of aromatic amines is 1. The number of aromatic nitrogens is 2. The highest BCUT2D eigenvalue weighted by Crippen LogP contribution is 2.34. The third-order valence-electron chi connectivity index (χ3n) is 5.37. The standard InChI is InChI=1S/C26H20F2N2O/c27-20-9-3-6-17(14-20)25-26(18-7-4-10-21(28)15-18)31-24(30-25)13-5-8-19-16-29-23-12-2-1-11-22(19)23/h1-4,6-7,9-12,14-16,29H,5,8,13H2. The Kier molecular flexibility index (Phi) is 5.08. The van der Waals surface area contributed by atoms with Crippen molar-refractivity contribution in [2.75, 3.05) is 0 Å². The molecular weight excluding hydrogens is 394 g/mol.